The molecule has 9 heteroatoms. The van der Waals surface area contributed by atoms with Gasteiger partial charge >= 0.3 is 0 Å². The minimum absolute atomic E-state index is 0.0368. The summed E-state index contributed by atoms with van der Waals surface area (Å²) < 4.78 is 7.06. The smallest absolute Gasteiger partial charge is 0.252 e. The summed E-state index contributed by atoms with van der Waals surface area (Å²) in [4.78, 5) is 17.5. The molecule has 4 rings (SSSR count). The third-order valence-electron chi connectivity index (χ3n) is 5.36. The van der Waals surface area contributed by atoms with Gasteiger partial charge in [-0.2, -0.15) is 0 Å². The largest absolute Gasteiger partial charge is 0.497 e. The number of ether oxygens (including phenoxy) is 1. The van der Waals surface area contributed by atoms with Crippen molar-refractivity contribution in [3.63, 3.8) is 0 Å². The maximum Gasteiger partial charge on any atom is 0.252 e. The van der Waals surface area contributed by atoms with Crippen LogP contribution in [0.2, 0.25) is 0 Å². The predicted octanol–water partition coefficient (Wildman–Crippen LogP) is 1.76. The van der Waals surface area contributed by atoms with Gasteiger partial charge < -0.3 is 14.8 Å². The van der Waals surface area contributed by atoms with Crippen molar-refractivity contribution in [2.45, 2.75) is 26.1 Å². The Morgan fingerprint density at radius 2 is 1.97 bits per heavy atom. The van der Waals surface area contributed by atoms with Gasteiger partial charge in [0.05, 0.1) is 20.3 Å². The van der Waals surface area contributed by atoms with Crippen molar-refractivity contribution < 1.29 is 9.84 Å². The number of fused-ring (bicyclic) bond motifs is 1. The molecule has 0 atom stereocenters. The fraction of sp³-hybridized carbons (Fsp3) is 0.304. The summed E-state index contributed by atoms with van der Waals surface area (Å²) in [7, 11) is 1.61. The van der Waals surface area contributed by atoms with Crippen molar-refractivity contribution in [2.24, 2.45) is 0 Å². The number of aryl methyl sites for hydroxylation is 2. The lowest BCUT2D eigenvalue weighted by atomic mass is 10.1. The van der Waals surface area contributed by atoms with Gasteiger partial charge in [-0.05, 0) is 46.7 Å². The van der Waals surface area contributed by atoms with Crippen LogP contribution in [0.15, 0.2) is 59.4 Å². The Morgan fingerprint density at radius 3 is 2.75 bits per heavy atom. The molecular weight excluding hydrogens is 408 g/mol. The zero-order valence-corrected chi connectivity index (χ0v) is 17.9. The number of aromatic nitrogens is 5. The zero-order chi connectivity index (χ0) is 22.3. The van der Waals surface area contributed by atoms with Crippen LogP contribution in [0.1, 0.15) is 17.0 Å². The van der Waals surface area contributed by atoms with E-state index in [9.17, 15) is 9.90 Å². The molecule has 166 valence electrons. The number of nitrogens with zero attached hydrogens (tertiary/aromatic N) is 5. The van der Waals surface area contributed by atoms with Crippen molar-refractivity contribution in [1.82, 2.24) is 30.1 Å². The fourth-order valence-electron chi connectivity index (χ4n) is 3.66. The van der Waals surface area contributed by atoms with Crippen LogP contribution < -0.4 is 10.3 Å². The highest BCUT2D eigenvalue weighted by Gasteiger charge is 2.15. The lowest BCUT2D eigenvalue weighted by Gasteiger charge is -2.20. The Morgan fingerprint density at radius 1 is 1.12 bits per heavy atom. The molecule has 0 fully saturated rings. The standard InChI is InChI=1S/C23H26N6O3/c1-32-20-7-8-21-18(14-20)13-19(23(31)24-21)15-28(11-12-30)16-22-25-26-27-29(22)10-9-17-5-3-2-4-6-17/h2-8,13-14,30H,9-12,15-16H2,1H3,(H,24,31). The number of tetrazole rings is 1. The molecule has 2 N–H and O–H groups in total. The third-order valence-corrected chi connectivity index (χ3v) is 5.36. The first-order chi connectivity index (χ1) is 15.7. The van der Waals surface area contributed by atoms with Crippen molar-refractivity contribution in [3.05, 3.63) is 81.9 Å². The molecule has 0 saturated carbocycles. The van der Waals surface area contributed by atoms with Crippen LogP contribution in [0.25, 0.3) is 10.9 Å². The molecule has 0 unspecified atom stereocenters. The number of rotatable bonds is 10. The molecule has 0 spiro atoms. The van der Waals surface area contributed by atoms with E-state index in [-0.39, 0.29) is 12.2 Å². The molecule has 0 saturated heterocycles. The van der Waals surface area contributed by atoms with E-state index in [0.29, 0.717) is 37.6 Å². The Kier molecular flexibility index (Phi) is 6.88. The molecule has 0 aliphatic heterocycles. The minimum atomic E-state index is -0.158. The maximum absolute atomic E-state index is 12.6. The Bertz CT molecular complexity index is 1220. The number of aromatic amines is 1. The number of methoxy groups -OCH3 is 1. The summed E-state index contributed by atoms with van der Waals surface area (Å²) in [5.41, 5.74) is 2.40. The van der Waals surface area contributed by atoms with E-state index in [1.807, 2.05) is 47.4 Å². The van der Waals surface area contributed by atoms with E-state index in [4.69, 9.17) is 4.74 Å². The number of hydrogen-bond acceptors (Lipinski definition) is 7. The normalized spacial score (nSPS) is 11.3. The second kappa shape index (κ2) is 10.2. The maximum atomic E-state index is 12.6. The first-order valence-corrected chi connectivity index (χ1v) is 10.5. The first-order valence-electron chi connectivity index (χ1n) is 10.5. The van der Waals surface area contributed by atoms with Gasteiger partial charge in [0.25, 0.3) is 5.56 Å². The Balaban J connectivity index is 1.51. The molecule has 2 aromatic carbocycles. The molecule has 32 heavy (non-hydrogen) atoms. The minimum Gasteiger partial charge on any atom is -0.497 e. The molecular formula is C23H26N6O3. The van der Waals surface area contributed by atoms with Crippen molar-refractivity contribution in [1.29, 1.82) is 0 Å². The van der Waals surface area contributed by atoms with Gasteiger partial charge in [-0.25, -0.2) is 4.68 Å². The molecule has 4 aromatic rings. The molecule has 0 radical (unpaired) electrons. The monoisotopic (exact) mass is 434 g/mol. The van der Waals surface area contributed by atoms with Gasteiger partial charge in [0.15, 0.2) is 5.82 Å². The van der Waals surface area contributed by atoms with Crippen molar-refractivity contribution in [3.8, 4) is 5.75 Å². The first kappa shape index (κ1) is 21.7. The second-order valence-corrected chi connectivity index (χ2v) is 7.56. The van der Waals surface area contributed by atoms with Crippen molar-refractivity contribution >= 4 is 10.9 Å². The van der Waals surface area contributed by atoms with E-state index in [0.717, 1.165) is 23.1 Å². The zero-order valence-electron chi connectivity index (χ0n) is 17.9. The van der Waals surface area contributed by atoms with Crippen LogP contribution in [0.4, 0.5) is 0 Å². The van der Waals surface area contributed by atoms with Gasteiger partial charge in [0.1, 0.15) is 5.75 Å². The van der Waals surface area contributed by atoms with Crippen LogP contribution >= 0.6 is 0 Å². The molecule has 2 heterocycles. The number of hydrogen-bond donors (Lipinski definition) is 2. The highest BCUT2D eigenvalue weighted by atomic mass is 16.5. The number of benzene rings is 2. The molecule has 0 aliphatic carbocycles. The lowest BCUT2D eigenvalue weighted by molar-refractivity contribution is 0.178. The third kappa shape index (κ3) is 5.19. The topological polar surface area (TPSA) is 109 Å². The summed E-state index contributed by atoms with van der Waals surface area (Å²) in [5.74, 6) is 1.41. The average Bonchev–Trinajstić information content (AvgIpc) is 3.25. The van der Waals surface area contributed by atoms with Gasteiger partial charge in [0, 0.05) is 36.1 Å². The Hall–Kier alpha value is -3.56. The highest BCUT2D eigenvalue weighted by Crippen LogP contribution is 2.19. The molecule has 2 aromatic heterocycles. The quantitative estimate of drug-likeness (QED) is 0.391. The van der Waals surface area contributed by atoms with Crippen LogP contribution in [0, 0.1) is 0 Å². The number of aliphatic hydroxyl groups excluding tert-OH is 1. The summed E-state index contributed by atoms with van der Waals surface area (Å²) in [6.45, 7) is 1.77. The Labute approximate surface area is 185 Å². The SMILES string of the molecule is COc1ccc2[nH]c(=O)c(CN(CCO)Cc3nnnn3CCc3ccccc3)cc2c1. The molecule has 0 bridgehead atoms. The van der Waals surface area contributed by atoms with E-state index >= 15 is 0 Å². The van der Waals surface area contributed by atoms with Crippen LogP contribution in [0.5, 0.6) is 5.75 Å². The van der Waals surface area contributed by atoms with Crippen LogP contribution in [-0.4, -0.2) is 55.5 Å². The fourth-order valence-corrected chi connectivity index (χ4v) is 3.66. The number of pyridine rings is 1. The summed E-state index contributed by atoms with van der Waals surface area (Å²) in [6, 6.07) is 17.5. The summed E-state index contributed by atoms with van der Waals surface area (Å²) in [5, 5.41) is 22.6. The van der Waals surface area contributed by atoms with Crippen LogP contribution in [-0.2, 0) is 26.1 Å². The van der Waals surface area contributed by atoms with E-state index in [1.165, 1.54) is 5.56 Å². The predicted molar refractivity (Wildman–Crippen MR) is 120 cm³/mol. The number of H-pyrrole nitrogens is 1. The molecule has 9 nitrogen and oxygen atoms in total. The summed E-state index contributed by atoms with van der Waals surface area (Å²) in [6.07, 6.45) is 0.811. The van der Waals surface area contributed by atoms with E-state index < -0.39 is 0 Å². The highest BCUT2D eigenvalue weighted by molar-refractivity contribution is 5.80. The van der Waals surface area contributed by atoms with E-state index in [2.05, 4.69) is 32.6 Å². The molecule has 0 aliphatic rings. The number of nitrogens with one attached hydrogen (secondary N) is 1. The lowest BCUT2D eigenvalue weighted by Crippen LogP contribution is -2.30. The van der Waals surface area contributed by atoms with Crippen molar-refractivity contribution in [2.75, 3.05) is 20.3 Å². The second-order valence-electron chi connectivity index (χ2n) is 7.56. The van der Waals surface area contributed by atoms with Gasteiger partial charge in [-0.1, -0.05) is 30.3 Å². The summed E-state index contributed by atoms with van der Waals surface area (Å²) >= 11 is 0. The average molecular weight is 435 g/mol. The van der Waals surface area contributed by atoms with Gasteiger partial charge in [0.2, 0.25) is 0 Å². The van der Waals surface area contributed by atoms with Gasteiger partial charge in [-0.15, -0.1) is 5.10 Å². The number of aliphatic hydroxyl groups is 1. The van der Waals surface area contributed by atoms with E-state index in [1.54, 1.807) is 11.8 Å². The van der Waals surface area contributed by atoms with Crippen LogP contribution in [0.3, 0.4) is 0 Å². The molecule has 0 amide bonds. The van der Waals surface area contributed by atoms with Gasteiger partial charge in [-0.3, -0.25) is 9.69 Å².